The average Bonchev–Trinajstić information content (AvgIpc) is 2.80. The summed E-state index contributed by atoms with van der Waals surface area (Å²) in [5.41, 5.74) is 10.3. The van der Waals surface area contributed by atoms with Gasteiger partial charge in [-0.2, -0.15) is 4.57 Å². The Kier molecular flexibility index (Phi) is 5.28. The average molecular weight is 447 g/mol. The van der Waals surface area contributed by atoms with E-state index >= 15 is 0 Å². The lowest BCUT2D eigenvalue weighted by Crippen LogP contribution is -2.37. The van der Waals surface area contributed by atoms with E-state index in [9.17, 15) is 0 Å². The monoisotopic (exact) mass is 446 g/mol. The number of rotatable bonds is 2. The lowest BCUT2D eigenvalue weighted by molar-refractivity contribution is -0.659. The van der Waals surface area contributed by atoms with Crippen LogP contribution in [0.4, 0.5) is 0 Å². The molecule has 170 valence electrons. The number of hydrogen-bond acceptors (Lipinski definition) is 0. The van der Waals surface area contributed by atoms with Gasteiger partial charge >= 0.3 is 0 Å². The zero-order chi connectivity index (χ0) is 24.2. The van der Waals surface area contributed by atoms with Crippen molar-refractivity contribution in [2.24, 2.45) is 7.05 Å². The molecule has 2 aromatic heterocycles. The van der Waals surface area contributed by atoms with Crippen molar-refractivity contribution in [1.82, 2.24) is 0 Å². The summed E-state index contributed by atoms with van der Waals surface area (Å²) in [5.74, 6) is 0. The Morgan fingerprint density at radius 2 is 1.38 bits per heavy atom. The molecular formula is C32H34N2+2. The Hall–Kier alpha value is -3.52. The van der Waals surface area contributed by atoms with Crippen molar-refractivity contribution in [2.45, 2.75) is 47.0 Å². The standard InChI is InChI=1S/C32H34N2/c1-21-16-17-24-12-9-11-15-29(24)34(21)30-19-26(32(4,5)6)18-28(22(30)2)31-23(3)27-14-10-8-13-25(27)20-33(31)7/h8-20H,1-7H3/q+2. The summed E-state index contributed by atoms with van der Waals surface area (Å²) < 4.78 is 4.73. The van der Waals surface area contributed by atoms with E-state index in [0.29, 0.717) is 0 Å². The van der Waals surface area contributed by atoms with Gasteiger partial charge in [-0.3, -0.25) is 0 Å². The van der Waals surface area contributed by atoms with Crippen molar-refractivity contribution in [3.63, 3.8) is 0 Å². The van der Waals surface area contributed by atoms with Crippen LogP contribution in [0.15, 0.2) is 79.0 Å². The molecule has 0 amide bonds. The molecule has 2 heterocycles. The molecule has 0 aliphatic rings. The van der Waals surface area contributed by atoms with E-state index in [1.807, 2.05) is 0 Å². The summed E-state index contributed by atoms with van der Waals surface area (Å²) >= 11 is 0. The molecular weight excluding hydrogens is 412 g/mol. The van der Waals surface area contributed by atoms with Crippen molar-refractivity contribution < 1.29 is 9.13 Å². The second-order valence-corrected chi connectivity index (χ2v) is 10.6. The van der Waals surface area contributed by atoms with E-state index in [2.05, 4.69) is 137 Å². The molecule has 2 heteroatoms. The second-order valence-electron chi connectivity index (χ2n) is 10.6. The maximum Gasteiger partial charge on any atom is 0.218 e. The summed E-state index contributed by atoms with van der Waals surface area (Å²) in [7, 11) is 2.17. The van der Waals surface area contributed by atoms with E-state index in [-0.39, 0.29) is 5.41 Å². The summed E-state index contributed by atoms with van der Waals surface area (Å²) in [6, 6.07) is 26.6. The molecule has 0 N–H and O–H groups in total. The maximum atomic E-state index is 2.43. The van der Waals surface area contributed by atoms with Crippen LogP contribution in [0.1, 0.15) is 43.2 Å². The Morgan fingerprint density at radius 1 is 0.706 bits per heavy atom. The first-order valence-electron chi connectivity index (χ1n) is 12.1. The van der Waals surface area contributed by atoms with Crippen molar-refractivity contribution in [1.29, 1.82) is 0 Å². The minimum Gasteiger partial charge on any atom is -0.200 e. The third kappa shape index (κ3) is 3.58. The minimum absolute atomic E-state index is 0.0274. The van der Waals surface area contributed by atoms with Gasteiger partial charge in [0.1, 0.15) is 7.05 Å². The first-order chi connectivity index (χ1) is 16.2. The highest BCUT2D eigenvalue weighted by molar-refractivity contribution is 5.88. The predicted molar refractivity (Wildman–Crippen MR) is 143 cm³/mol. The van der Waals surface area contributed by atoms with Gasteiger partial charge in [0.15, 0.2) is 11.9 Å². The molecule has 2 nitrogen and oxygen atoms in total. The Labute approximate surface area is 203 Å². The summed E-state index contributed by atoms with van der Waals surface area (Å²) in [4.78, 5) is 0. The van der Waals surface area contributed by atoms with Gasteiger partial charge in [0.25, 0.3) is 0 Å². The third-order valence-electron chi connectivity index (χ3n) is 7.18. The molecule has 0 saturated heterocycles. The number of benzene rings is 3. The lowest BCUT2D eigenvalue weighted by Gasteiger charge is -2.22. The van der Waals surface area contributed by atoms with E-state index in [4.69, 9.17) is 0 Å². The molecule has 5 rings (SSSR count). The highest BCUT2D eigenvalue weighted by atomic mass is 15.0. The molecule has 34 heavy (non-hydrogen) atoms. The quantitative estimate of drug-likeness (QED) is 0.258. The van der Waals surface area contributed by atoms with Crippen LogP contribution in [-0.4, -0.2) is 0 Å². The third-order valence-corrected chi connectivity index (χ3v) is 7.18. The minimum atomic E-state index is 0.0274. The van der Waals surface area contributed by atoms with Gasteiger partial charge in [0.05, 0.1) is 5.56 Å². The molecule has 0 aliphatic heterocycles. The van der Waals surface area contributed by atoms with Crippen molar-refractivity contribution in [3.8, 4) is 16.9 Å². The highest BCUT2D eigenvalue weighted by Gasteiger charge is 2.29. The maximum absolute atomic E-state index is 2.43. The van der Waals surface area contributed by atoms with E-state index in [1.165, 1.54) is 61.0 Å². The number of pyridine rings is 2. The van der Waals surface area contributed by atoms with Gasteiger partial charge in [0.2, 0.25) is 16.9 Å². The fraction of sp³-hybridized carbons (Fsp3) is 0.250. The predicted octanol–water partition coefficient (Wildman–Crippen LogP) is 6.98. The van der Waals surface area contributed by atoms with Gasteiger partial charge in [-0.1, -0.05) is 51.1 Å². The Morgan fingerprint density at radius 3 is 2.12 bits per heavy atom. The van der Waals surface area contributed by atoms with Crippen LogP contribution in [0.2, 0.25) is 0 Å². The second kappa shape index (κ2) is 8.06. The summed E-state index contributed by atoms with van der Waals surface area (Å²) in [5, 5.41) is 3.84. The van der Waals surface area contributed by atoms with Crippen molar-refractivity contribution >= 4 is 21.7 Å². The van der Waals surface area contributed by atoms with E-state index in [0.717, 1.165) is 0 Å². The fourth-order valence-electron chi connectivity index (χ4n) is 5.25. The van der Waals surface area contributed by atoms with E-state index < -0.39 is 0 Å². The first-order valence-corrected chi connectivity index (χ1v) is 12.1. The highest BCUT2D eigenvalue weighted by Crippen LogP contribution is 2.35. The van der Waals surface area contributed by atoms with Crippen LogP contribution in [0.3, 0.4) is 0 Å². The molecule has 0 spiro atoms. The van der Waals surface area contributed by atoms with Gasteiger partial charge in [0, 0.05) is 47.0 Å². The molecule has 0 atom stereocenters. The number of aryl methyl sites for hydroxylation is 3. The Bertz CT molecular complexity index is 1570. The van der Waals surface area contributed by atoms with Gasteiger partial charge in [-0.15, -0.1) is 0 Å². The molecule has 0 unspecified atom stereocenters. The number of para-hydroxylation sites is 1. The smallest absolute Gasteiger partial charge is 0.200 e. The molecule has 0 fully saturated rings. The normalized spacial score (nSPS) is 12.0. The molecule has 0 aliphatic carbocycles. The van der Waals surface area contributed by atoms with Crippen LogP contribution in [0.5, 0.6) is 0 Å². The largest absolute Gasteiger partial charge is 0.218 e. The zero-order valence-corrected chi connectivity index (χ0v) is 21.4. The van der Waals surface area contributed by atoms with Crippen molar-refractivity contribution in [3.05, 3.63) is 101 Å². The molecule has 0 bridgehead atoms. The fourth-order valence-corrected chi connectivity index (χ4v) is 5.25. The van der Waals surface area contributed by atoms with Crippen LogP contribution in [0.25, 0.3) is 38.6 Å². The zero-order valence-electron chi connectivity index (χ0n) is 21.4. The topological polar surface area (TPSA) is 7.76 Å². The number of fused-ring (bicyclic) bond motifs is 2. The lowest BCUT2D eigenvalue weighted by atomic mass is 9.83. The van der Waals surface area contributed by atoms with Gasteiger partial charge < -0.3 is 0 Å². The summed E-state index contributed by atoms with van der Waals surface area (Å²) in [6.07, 6.45) is 2.26. The van der Waals surface area contributed by atoms with Crippen LogP contribution < -0.4 is 9.13 Å². The van der Waals surface area contributed by atoms with Gasteiger partial charge in [-0.25, -0.2) is 4.57 Å². The van der Waals surface area contributed by atoms with Crippen LogP contribution >= 0.6 is 0 Å². The van der Waals surface area contributed by atoms with Gasteiger partial charge in [-0.05, 0) is 54.5 Å². The van der Waals surface area contributed by atoms with Crippen LogP contribution in [0, 0.1) is 20.8 Å². The Balaban J connectivity index is 1.91. The molecule has 5 aromatic rings. The number of aromatic nitrogens is 2. The summed E-state index contributed by atoms with van der Waals surface area (Å²) in [6.45, 7) is 13.7. The first kappa shape index (κ1) is 22.3. The van der Waals surface area contributed by atoms with Crippen LogP contribution in [-0.2, 0) is 12.5 Å². The molecule has 3 aromatic carbocycles. The SMILES string of the molecule is Cc1c(-c2c(C)c3ccccc3c[n+]2C)cc(C(C)(C)C)cc1-[n+]1c(C)ccc2ccccc21. The van der Waals surface area contributed by atoms with Crippen molar-refractivity contribution in [2.75, 3.05) is 0 Å². The van der Waals surface area contributed by atoms with E-state index in [1.54, 1.807) is 0 Å². The number of nitrogens with zero attached hydrogens (tertiary/aromatic N) is 2. The number of hydrogen-bond donors (Lipinski definition) is 0. The molecule has 0 saturated carbocycles. The molecule has 0 radical (unpaired) electrons.